The summed E-state index contributed by atoms with van der Waals surface area (Å²) in [7, 11) is 1.93. The van der Waals surface area contributed by atoms with E-state index in [-0.39, 0.29) is 18.6 Å². The maximum absolute atomic E-state index is 12.6. The molecule has 0 aliphatic carbocycles. The van der Waals surface area contributed by atoms with Crippen LogP contribution in [0.1, 0.15) is 34.8 Å². The molecule has 1 atom stereocenters. The number of nitrogens with one attached hydrogen (secondary N) is 1. The highest BCUT2D eigenvalue weighted by molar-refractivity contribution is 5.97. The molecule has 0 fully saturated rings. The first-order valence-corrected chi connectivity index (χ1v) is 8.07. The number of aliphatic hydroxyl groups excluding tert-OH is 1. The van der Waals surface area contributed by atoms with Crippen molar-refractivity contribution < 1.29 is 9.90 Å². The average Bonchev–Trinajstić information content (AvgIpc) is 2.99. The molecule has 0 bridgehead atoms. The van der Waals surface area contributed by atoms with Crippen LogP contribution in [0.3, 0.4) is 0 Å². The summed E-state index contributed by atoms with van der Waals surface area (Å²) in [5, 5.41) is 12.2. The van der Waals surface area contributed by atoms with Gasteiger partial charge in [0.25, 0.3) is 5.91 Å². The molecule has 1 aromatic heterocycles. The van der Waals surface area contributed by atoms with Gasteiger partial charge in [0.15, 0.2) is 0 Å². The standard InChI is InChI=1S/C19H21N3O2/c1-22-13-20-17-12-15(9-10-18(17)22)19(24)21-16(8-5-11-23)14-6-3-2-4-7-14/h2-4,6-7,9-10,12-13,16,23H,5,8,11H2,1H3,(H,21,24). The Balaban J connectivity index is 1.81. The van der Waals surface area contributed by atoms with Crippen LogP contribution in [-0.4, -0.2) is 27.2 Å². The molecule has 0 saturated heterocycles. The molecule has 1 heterocycles. The summed E-state index contributed by atoms with van der Waals surface area (Å²) in [4.78, 5) is 16.9. The van der Waals surface area contributed by atoms with E-state index in [1.165, 1.54) is 0 Å². The van der Waals surface area contributed by atoms with Crippen molar-refractivity contribution >= 4 is 16.9 Å². The van der Waals surface area contributed by atoms with Crippen molar-refractivity contribution in [3.05, 3.63) is 66.0 Å². The number of nitrogens with zero attached hydrogens (tertiary/aromatic N) is 2. The van der Waals surface area contributed by atoms with Crippen molar-refractivity contribution in [1.82, 2.24) is 14.9 Å². The normalized spacial score (nSPS) is 12.2. The van der Waals surface area contributed by atoms with Crippen molar-refractivity contribution in [3.63, 3.8) is 0 Å². The van der Waals surface area contributed by atoms with Crippen molar-refractivity contribution in [2.75, 3.05) is 6.61 Å². The van der Waals surface area contributed by atoms with Gasteiger partial charge in [-0.1, -0.05) is 30.3 Å². The Hall–Kier alpha value is -2.66. The number of carbonyl (C=O) groups is 1. The minimum absolute atomic E-state index is 0.110. The van der Waals surface area contributed by atoms with Crippen LogP contribution >= 0.6 is 0 Å². The molecule has 24 heavy (non-hydrogen) atoms. The number of benzene rings is 2. The monoisotopic (exact) mass is 323 g/mol. The molecule has 5 heteroatoms. The number of hydrogen-bond donors (Lipinski definition) is 2. The molecule has 124 valence electrons. The molecule has 0 aliphatic rings. The predicted molar refractivity (Wildman–Crippen MR) is 93.7 cm³/mol. The third kappa shape index (κ3) is 3.46. The van der Waals surface area contributed by atoms with Crippen LogP contribution in [0, 0.1) is 0 Å². The van der Waals surface area contributed by atoms with Crippen LogP contribution in [0.15, 0.2) is 54.9 Å². The van der Waals surface area contributed by atoms with E-state index < -0.39 is 0 Å². The largest absolute Gasteiger partial charge is 0.396 e. The Bertz CT molecular complexity index is 827. The Kier molecular flexibility index (Phi) is 4.91. The number of aromatic nitrogens is 2. The topological polar surface area (TPSA) is 67.2 Å². The molecule has 5 nitrogen and oxygen atoms in total. The van der Waals surface area contributed by atoms with E-state index in [1.54, 1.807) is 12.4 Å². The van der Waals surface area contributed by atoms with Gasteiger partial charge in [-0.15, -0.1) is 0 Å². The van der Waals surface area contributed by atoms with Gasteiger partial charge in [-0.3, -0.25) is 4.79 Å². The zero-order valence-electron chi connectivity index (χ0n) is 13.6. The summed E-state index contributed by atoms with van der Waals surface area (Å²) in [5.74, 6) is -0.130. The number of carbonyl (C=O) groups excluding carboxylic acids is 1. The van der Waals surface area contributed by atoms with Gasteiger partial charge in [0.2, 0.25) is 0 Å². The van der Waals surface area contributed by atoms with E-state index in [9.17, 15) is 4.79 Å². The highest BCUT2D eigenvalue weighted by atomic mass is 16.3. The van der Waals surface area contributed by atoms with Crippen LogP contribution in [0.2, 0.25) is 0 Å². The minimum Gasteiger partial charge on any atom is -0.396 e. The smallest absolute Gasteiger partial charge is 0.251 e. The molecule has 2 N–H and O–H groups in total. The molecule has 0 spiro atoms. The van der Waals surface area contributed by atoms with Crippen LogP contribution in [0.25, 0.3) is 11.0 Å². The third-order valence-electron chi connectivity index (χ3n) is 4.15. The first-order valence-electron chi connectivity index (χ1n) is 8.07. The molecular formula is C19H21N3O2. The Morgan fingerprint density at radius 3 is 2.79 bits per heavy atom. The lowest BCUT2D eigenvalue weighted by Crippen LogP contribution is -2.28. The minimum atomic E-state index is -0.130. The van der Waals surface area contributed by atoms with Gasteiger partial charge in [-0.2, -0.15) is 0 Å². The van der Waals surface area contributed by atoms with Crippen LogP contribution < -0.4 is 5.32 Å². The summed E-state index contributed by atoms with van der Waals surface area (Å²) < 4.78 is 1.92. The Morgan fingerprint density at radius 1 is 1.25 bits per heavy atom. The van der Waals surface area contributed by atoms with Gasteiger partial charge in [0.1, 0.15) is 0 Å². The summed E-state index contributed by atoms with van der Waals surface area (Å²) >= 11 is 0. The van der Waals surface area contributed by atoms with E-state index in [1.807, 2.05) is 54.1 Å². The van der Waals surface area contributed by atoms with E-state index in [0.717, 1.165) is 16.6 Å². The highest BCUT2D eigenvalue weighted by Crippen LogP contribution is 2.20. The second-order valence-electron chi connectivity index (χ2n) is 5.86. The van der Waals surface area contributed by atoms with Crippen LogP contribution in [0.4, 0.5) is 0 Å². The van der Waals surface area contributed by atoms with Gasteiger partial charge in [0.05, 0.1) is 23.4 Å². The SMILES string of the molecule is Cn1cnc2cc(C(=O)NC(CCCO)c3ccccc3)ccc21. The molecule has 3 rings (SSSR count). The summed E-state index contributed by atoms with van der Waals surface area (Å²) in [6.07, 6.45) is 3.07. The predicted octanol–water partition coefficient (Wildman–Crippen LogP) is 2.82. The van der Waals surface area contributed by atoms with Crippen LogP contribution in [0.5, 0.6) is 0 Å². The van der Waals surface area contributed by atoms with E-state index in [4.69, 9.17) is 5.11 Å². The third-order valence-corrected chi connectivity index (χ3v) is 4.15. The fourth-order valence-corrected chi connectivity index (χ4v) is 2.82. The Morgan fingerprint density at radius 2 is 2.04 bits per heavy atom. The van der Waals surface area contributed by atoms with E-state index >= 15 is 0 Å². The van der Waals surface area contributed by atoms with E-state index in [0.29, 0.717) is 18.4 Å². The van der Waals surface area contributed by atoms with Crippen molar-refractivity contribution in [1.29, 1.82) is 0 Å². The molecule has 0 saturated carbocycles. The number of aryl methyl sites for hydroxylation is 1. The molecule has 3 aromatic rings. The molecule has 1 amide bonds. The number of amides is 1. The lowest BCUT2D eigenvalue weighted by molar-refractivity contribution is 0.0932. The number of aliphatic hydroxyl groups is 1. The summed E-state index contributed by atoms with van der Waals surface area (Å²) in [6.45, 7) is 0.110. The van der Waals surface area contributed by atoms with Gasteiger partial charge < -0.3 is 15.0 Å². The van der Waals surface area contributed by atoms with Crippen molar-refractivity contribution in [3.8, 4) is 0 Å². The second-order valence-corrected chi connectivity index (χ2v) is 5.86. The van der Waals surface area contributed by atoms with Crippen molar-refractivity contribution in [2.45, 2.75) is 18.9 Å². The fourth-order valence-electron chi connectivity index (χ4n) is 2.82. The summed E-state index contributed by atoms with van der Waals surface area (Å²) in [5.41, 5.74) is 3.42. The molecule has 0 radical (unpaired) electrons. The van der Waals surface area contributed by atoms with Gasteiger partial charge in [-0.05, 0) is 36.6 Å². The highest BCUT2D eigenvalue weighted by Gasteiger charge is 2.16. The zero-order chi connectivity index (χ0) is 16.9. The number of imidazole rings is 1. The maximum Gasteiger partial charge on any atom is 0.251 e. The molecule has 2 aromatic carbocycles. The van der Waals surface area contributed by atoms with Gasteiger partial charge in [0, 0.05) is 19.2 Å². The first kappa shape index (κ1) is 16.2. The Labute approximate surface area is 141 Å². The van der Waals surface area contributed by atoms with E-state index in [2.05, 4.69) is 10.3 Å². The first-order chi connectivity index (χ1) is 11.7. The van der Waals surface area contributed by atoms with Crippen molar-refractivity contribution in [2.24, 2.45) is 7.05 Å². The van der Waals surface area contributed by atoms with Gasteiger partial charge in [-0.25, -0.2) is 4.98 Å². The van der Waals surface area contributed by atoms with Crippen LogP contribution in [-0.2, 0) is 7.05 Å². The number of rotatable bonds is 6. The average molecular weight is 323 g/mol. The maximum atomic E-state index is 12.6. The lowest BCUT2D eigenvalue weighted by Gasteiger charge is -2.19. The molecular weight excluding hydrogens is 302 g/mol. The summed E-state index contributed by atoms with van der Waals surface area (Å²) in [6, 6.07) is 15.2. The second kappa shape index (κ2) is 7.27. The molecule has 0 aliphatic heterocycles. The molecule has 1 unspecified atom stereocenters. The zero-order valence-corrected chi connectivity index (χ0v) is 13.6. The fraction of sp³-hybridized carbons (Fsp3) is 0.263. The quantitative estimate of drug-likeness (QED) is 0.733. The number of hydrogen-bond acceptors (Lipinski definition) is 3. The number of fused-ring (bicyclic) bond motifs is 1. The lowest BCUT2D eigenvalue weighted by atomic mass is 10.0. The van der Waals surface area contributed by atoms with Gasteiger partial charge >= 0.3 is 0 Å².